The van der Waals surface area contributed by atoms with E-state index in [0.29, 0.717) is 5.92 Å². The van der Waals surface area contributed by atoms with Gasteiger partial charge in [-0.15, -0.1) is 0 Å². The molecule has 2 atom stereocenters. The molecule has 5 aromatic carbocycles. The lowest BCUT2D eigenvalue weighted by molar-refractivity contribution is 0.856. The minimum Gasteiger partial charge on any atom is -0.310 e. The Kier molecular flexibility index (Phi) is 7.75. The largest absolute Gasteiger partial charge is 0.310 e. The van der Waals surface area contributed by atoms with Gasteiger partial charge in [-0.2, -0.15) is 0 Å². The predicted molar refractivity (Wildman–Crippen MR) is 209 cm³/mol. The van der Waals surface area contributed by atoms with Gasteiger partial charge in [0.15, 0.2) is 0 Å². The zero-order chi connectivity index (χ0) is 33.3. The van der Waals surface area contributed by atoms with Crippen LogP contribution >= 0.6 is 0 Å². The molecule has 0 saturated carbocycles. The van der Waals surface area contributed by atoms with Crippen LogP contribution < -0.4 is 4.90 Å². The molecule has 2 aromatic heterocycles. The molecule has 4 nitrogen and oxygen atoms in total. The zero-order valence-corrected chi connectivity index (χ0v) is 27.7. The second kappa shape index (κ2) is 13.0. The molecular weight excluding hydrogens is 609 g/mol. The van der Waals surface area contributed by atoms with Gasteiger partial charge in [0.2, 0.25) is 0 Å². The molecule has 0 fully saturated rings. The summed E-state index contributed by atoms with van der Waals surface area (Å²) < 4.78 is 2.46. The number of fused-ring (bicyclic) bond motifs is 3. The van der Waals surface area contributed by atoms with E-state index in [1.54, 1.807) is 0 Å². The molecule has 0 saturated heterocycles. The van der Waals surface area contributed by atoms with Crippen molar-refractivity contribution in [2.24, 2.45) is 4.99 Å². The van der Waals surface area contributed by atoms with Crippen molar-refractivity contribution >= 4 is 45.1 Å². The number of aromatic nitrogens is 2. The lowest BCUT2D eigenvalue weighted by Gasteiger charge is -2.28. The second-order valence-corrected chi connectivity index (χ2v) is 13.0. The van der Waals surface area contributed by atoms with Crippen LogP contribution in [0.1, 0.15) is 35.8 Å². The Hall–Kier alpha value is -6.26. The summed E-state index contributed by atoms with van der Waals surface area (Å²) in [6.07, 6.45) is 20.8. The van der Waals surface area contributed by atoms with Gasteiger partial charge in [-0.25, -0.2) is 0 Å². The summed E-state index contributed by atoms with van der Waals surface area (Å²) in [4.78, 5) is 11.2. The lowest BCUT2D eigenvalue weighted by atomic mass is 9.90. The van der Waals surface area contributed by atoms with Crippen LogP contribution in [-0.2, 0) is 0 Å². The average molecular weight is 645 g/mol. The van der Waals surface area contributed by atoms with Crippen molar-refractivity contribution in [3.63, 3.8) is 0 Å². The first kappa shape index (κ1) is 29.8. The first-order valence-corrected chi connectivity index (χ1v) is 17.4. The topological polar surface area (TPSA) is 33.4 Å². The van der Waals surface area contributed by atoms with Gasteiger partial charge in [0.1, 0.15) is 0 Å². The van der Waals surface area contributed by atoms with Crippen LogP contribution in [0.25, 0.3) is 38.6 Å². The number of hydrogen-bond acceptors (Lipinski definition) is 3. The first-order valence-electron chi connectivity index (χ1n) is 17.4. The van der Waals surface area contributed by atoms with Gasteiger partial charge in [0.05, 0.1) is 11.0 Å². The Labute approximate surface area is 292 Å². The number of allylic oxidation sites excluding steroid dienone is 5. The normalized spacial score (nSPS) is 16.7. The lowest BCUT2D eigenvalue weighted by Crippen LogP contribution is -2.12. The Morgan fingerprint density at radius 2 is 1.40 bits per heavy atom. The van der Waals surface area contributed by atoms with Gasteiger partial charge in [-0.3, -0.25) is 9.98 Å². The molecule has 50 heavy (non-hydrogen) atoms. The van der Waals surface area contributed by atoms with Crippen molar-refractivity contribution in [1.29, 1.82) is 0 Å². The maximum Gasteiger partial charge on any atom is 0.0580 e. The molecule has 1 aliphatic carbocycles. The van der Waals surface area contributed by atoms with Gasteiger partial charge in [0.25, 0.3) is 0 Å². The Morgan fingerprint density at radius 3 is 2.14 bits per heavy atom. The quantitative estimate of drug-likeness (QED) is 0.173. The van der Waals surface area contributed by atoms with E-state index in [1.807, 2.05) is 24.7 Å². The molecule has 0 bridgehead atoms. The Balaban J connectivity index is 1.27. The average Bonchev–Trinajstić information content (AvgIpc) is 3.54. The maximum absolute atomic E-state index is 4.42. The monoisotopic (exact) mass is 644 g/mol. The molecule has 4 heteroatoms. The summed E-state index contributed by atoms with van der Waals surface area (Å²) in [6, 6.07) is 46.4. The Bertz CT molecular complexity index is 2420. The van der Waals surface area contributed by atoms with E-state index in [2.05, 4.69) is 177 Å². The second-order valence-electron chi connectivity index (χ2n) is 13.0. The summed E-state index contributed by atoms with van der Waals surface area (Å²) in [6.45, 7) is 0. The van der Waals surface area contributed by atoms with Crippen molar-refractivity contribution in [1.82, 2.24) is 9.55 Å². The molecule has 9 rings (SSSR count). The molecule has 240 valence electrons. The summed E-state index contributed by atoms with van der Waals surface area (Å²) in [5, 5.41) is 2.50. The molecule has 0 radical (unpaired) electrons. The summed E-state index contributed by atoms with van der Waals surface area (Å²) >= 11 is 0. The molecule has 7 aromatic rings. The molecule has 3 heterocycles. The molecule has 0 spiro atoms. The highest BCUT2D eigenvalue weighted by Gasteiger charge is 2.24. The SMILES string of the molecule is C1=CCC(c2cc(N(c3ccc(-c4cccnc4)cc3)c3ccc(C4C=NC=CC4)cc3)cc3c4ccccc4n(-c4ccccc4)c23)C=C1. The summed E-state index contributed by atoms with van der Waals surface area (Å²) in [7, 11) is 0. The number of anilines is 3. The van der Waals surface area contributed by atoms with Crippen LogP contribution in [-0.4, -0.2) is 15.8 Å². The summed E-state index contributed by atoms with van der Waals surface area (Å²) in [5.41, 5.74) is 11.8. The number of nitrogens with zero attached hydrogens (tertiary/aromatic N) is 4. The van der Waals surface area contributed by atoms with Crippen LogP contribution in [0.4, 0.5) is 17.1 Å². The van der Waals surface area contributed by atoms with E-state index in [4.69, 9.17) is 0 Å². The first-order chi connectivity index (χ1) is 24.8. The standard InChI is InChI=1S/C46H36N4/c1-3-11-35(12-4-1)43-29-41(30-44-42-17-7-8-18-45(42)50(46(43)44)38-15-5-2-6-16-38)49(39-23-19-33(20-24-39)36-13-9-27-47-31-36)40-25-21-34(22-26-40)37-14-10-28-48-32-37/h1-11,13,15-32,35,37H,12,14H2. The van der Waals surface area contributed by atoms with Gasteiger partial charge in [-0.05, 0) is 95.8 Å². The minimum absolute atomic E-state index is 0.241. The molecule has 1 aliphatic heterocycles. The third-order valence-electron chi connectivity index (χ3n) is 9.98. The fourth-order valence-electron chi connectivity index (χ4n) is 7.54. The van der Waals surface area contributed by atoms with Crippen LogP contribution in [0.5, 0.6) is 0 Å². The maximum atomic E-state index is 4.42. The van der Waals surface area contributed by atoms with Crippen molar-refractivity contribution in [2.75, 3.05) is 4.90 Å². The minimum atomic E-state index is 0.241. The van der Waals surface area contributed by atoms with Gasteiger partial charge >= 0.3 is 0 Å². The fourth-order valence-corrected chi connectivity index (χ4v) is 7.54. The van der Waals surface area contributed by atoms with Gasteiger partial charge in [0, 0.05) is 70.2 Å². The molecule has 2 unspecified atom stereocenters. The highest BCUT2D eigenvalue weighted by Crippen LogP contribution is 2.45. The Morgan fingerprint density at radius 1 is 0.620 bits per heavy atom. The van der Waals surface area contributed by atoms with Crippen LogP contribution in [0.3, 0.4) is 0 Å². The van der Waals surface area contributed by atoms with E-state index in [1.165, 1.54) is 38.6 Å². The van der Waals surface area contributed by atoms with Crippen LogP contribution in [0, 0.1) is 0 Å². The molecule has 0 N–H and O–H groups in total. The van der Waals surface area contributed by atoms with Crippen molar-refractivity contribution in [3.05, 3.63) is 187 Å². The van der Waals surface area contributed by atoms with Crippen LogP contribution in [0.2, 0.25) is 0 Å². The summed E-state index contributed by atoms with van der Waals surface area (Å²) in [5.74, 6) is 0.532. The highest BCUT2D eigenvalue weighted by molar-refractivity contribution is 6.12. The van der Waals surface area contributed by atoms with E-state index < -0.39 is 0 Å². The molecule has 2 aliphatic rings. The van der Waals surface area contributed by atoms with E-state index in [9.17, 15) is 0 Å². The number of para-hydroxylation sites is 2. The highest BCUT2D eigenvalue weighted by atomic mass is 15.1. The van der Waals surface area contributed by atoms with Gasteiger partial charge in [-0.1, -0.05) is 97.1 Å². The number of benzene rings is 5. The number of pyridine rings is 1. The van der Waals surface area contributed by atoms with E-state index >= 15 is 0 Å². The smallest absolute Gasteiger partial charge is 0.0580 e. The van der Waals surface area contributed by atoms with Crippen LogP contribution in [0.15, 0.2) is 181 Å². The van der Waals surface area contributed by atoms with E-state index in [0.717, 1.165) is 41.0 Å². The third-order valence-corrected chi connectivity index (χ3v) is 9.98. The number of rotatable bonds is 7. The molecule has 0 amide bonds. The van der Waals surface area contributed by atoms with Crippen molar-refractivity contribution in [3.8, 4) is 16.8 Å². The van der Waals surface area contributed by atoms with Crippen molar-refractivity contribution < 1.29 is 0 Å². The van der Waals surface area contributed by atoms with Gasteiger partial charge < -0.3 is 9.47 Å². The molecular formula is C46H36N4. The fraction of sp³-hybridized carbons (Fsp3) is 0.0870. The van der Waals surface area contributed by atoms with Crippen molar-refractivity contribution in [2.45, 2.75) is 24.7 Å². The predicted octanol–water partition coefficient (Wildman–Crippen LogP) is 12.0. The zero-order valence-electron chi connectivity index (χ0n) is 27.7. The number of hydrogen-bond donors (Lipinski definition) is 0. The third kappa shape index (κ3) is 5.45. The number of aliphatic imine (C=N–C) groups is 1. The van der Waals surface area contributed by atoms with E-state index in [-0.39, 0.29) is 5.92 Å².